The van der Waals surface area contributed by atoms with Crippen LogP contribution in [0.5, 0.6) is 0 Å². The van der Waals surface area contributed by atoms with Crippen LogP contribution in [0.4, 0.5) is 4.79 Å². The number of rotatable bonds is 5. The normalized spacial score (nSPS) is 21.0. The number of carboxylic acids is 1. The fourth-order valence-corrected chi connectivity index (χ4v) is 6.27. The summed E-state index contributed by atoms with van der Waals surface area (Å²) in [5.41, 5.74) is 3.35. The van der Waals surface area contributed by atoms with Gasteiger partial charge < -0.3 is 24.8 Å². The van der Waals surface area contributed by atoms with Gasteiger partial charge in [-0.15, -0.1) is 11.8 Å². The molecular formula is C26H28N2O6S. The third kappa shape index (κ3) is 4.62. The maximum Gasteiger partial charge on any atom is 0.408 e. The second kappa shape index (κ2) is 9.91. The summed E-state index contributed by atoms with van der Waals surface area (Å²) in [6.07, 6.45) is -0.0160. The van der Waals surface area contributed by atoms with Gasteiger partial charge in [0.15, 0.2) is 0 Å². The molecule has 0 saturated carbocycles. The highest BCUT2D eigenvalue weighted by Crippen LogP contribution is 2.44. The van der Waals surface area contributed by atoms with Crippen molar-refractivity contribution in [3.8, 4) is 11.1 Å². The van der Waals surface area contributed by atoms with Crippen LogP contribution in [0.1, 0.15) is 29.9 Å². The van der Waals surface area contributed by atoms with Gasteiger partial charge in [-0.1, -0.05) is 48.5 Å². The zero-order chi connectivity index (χ0) is 24.4. The Balaban J connectivity index is 1.29. The van der Waals surface area contributed by atoms with Crippen molar-refractivity contribution in [1.82, 2.24) is 10.2 Å². The number of amides is 2. The van der Waals surface area contributed by atoms with Crippen LogP contribution >= 0.6 is 11.8 Å². The Bertz CT molecular complexity index is 1090. The summed E-state index contributed by atoms with van der Waals surface area (Å²) in [5, 5.41) is 11.6. The van der Waals surface area contributed by atoms with Crippen molar-refractivity contribution in [2.75, 3.05) is 38.7 Å². The number of hydrogen-bond acceptors (Lipinski definition) is 6. The lowest BCUT2D eigenvalue weighted by molar-refractivity contribution is -0.144. The summed E-state index contributed by atoms with van der Waals surface area (Å²) in [6, 6.07) is 16.2. The summed E-state index contributed by atoms with van der Waals surface area (Å²) >= 11 is 1.33. The Kier molecular flexibility index (Phi) is 6.71. The molecule has 2 aliphatic heterocycles. The predicted octanol–water partition coefficient (Wildman–Crippen LogP) is 3.10. The zero-order valence-corrected chi connectivity index (χ0v) is 20.1. The molecule has 1 atom stereocenters. The molecule has 1 aliphatic carbocycles. The SMILES string of the molecule is O=C(NC1(C(=O)N2CCSC(C(=O)O)C2)CCOCC1)OCC1c2ccccc2-c2ccccc21. The average Bonchev–Trinajstić information content (AvgIpc) is 3.21. The molecule has 2 fully saturated rings. The van der Waals surface area contributed by atoms with Crippen LogP contribution < -0.4 is 5.32 Å². The number of fused-ring (bicyclic) bond motifs is 3. The second-order valence-electron chi connectivity index (χ2n) is 9.09. The number of carbonyl (C=O) groups is 3. The summed E-state index contributed by atoms with van der Waals surface area (Å²) in [7, 11) is 0. The van der Waals surface area contributed by atoms with E-state index in [0.29, 0.717) is 38.4 Å². The van der Waals surface area contributed by atoms with E-state index in [1.54, 1.807) is 4.90 Å². The van der Waals surface area contributed by atoms with E-state index >= 15 is 0 Å². The third-order valence-corrected chi connectivity index (χ3v) is 8.24. The first-order valence-corrected chi connectivity index (χ1v) is 12.9. The zero-order valence-electron chi connectivity index (χ0n) is 19.3. The number of carbonyl (C=O) groups excluding carboxylic acids is 2. The van der Waals surface area contributed by atoms with Gasteiger partial charge in [-0.2, -0.15) is 0 Å². The van der Waals surface area contributed by atoms with Crippen LogP contribution in [-0.4, -0.2) is 77.4 Å². The highest BCUT2D eigenvalue weighted by molar-refractivity contribution is 8.00. The van der Waals surface area contributed by atoms with Gasteiger partial charge in [0.05, 0.1) is 0 Å². The van der Waals surface area contributed by atoms with Crippen LogP contribution in [0.15, 0.2) is 48.5 Å². The first-order chi connectivity index (χ1) is 17.0. The van der Waals surface area contributed by atoms with E-state index in [1.807, 2.05) is 24.3 Å². The third-order valence-electron chi connectivity index (χ3n) is 7.07. The number of nitrogens with one attached hydrogen (secondary N) is 1. The van der Waals surface area contributed by atoms with Gasteiger partial charge in [0.2, 0.25) is 5.91 Å². The summed E-state index contributed by atoms with van der Waals surface area (Å²) in [5.74, 6) is -0.732. The quantitative estimate of drug-likeness (QED) is 0.655. The first-order valence-electron chi connectivity index (χ1n) is 11.8. The molecule has 9 heteroatoms. The molecule has 0 bridgehead atoms. The molecule has 2 aromatic carbocycles. The summed E-state index contributed by atoms with van der Waals surface area (Å²) < 4.78 is 11.2. The molecule has 2 aromatic rings. The lowest BCUT2D eigenvalue weighted by Crippen LogP contribution is -2.63. The van der Waals surface area contributed by atoms with E-state index in [9.17, 15) is 19.5 Å². The number of thioether (sulfide) groups is 1. The summed E-state index contributed by atoms with van der Waals surface area (Å²) in [4.78, 5) is 39.6. The number of alkyl carbamates (subject to hydrolysis) is 1. The fraction of sp³-hybridized carbons (Fsp3) is 0.423. The van der Waals surface area contributed by atoms with Crippen molar-refractivity contribution in [3.05, 3.63) is 59.7 Å². The van der Waals surface area contributed by atoms with E-state index in [4.69, 9.17) is 9.47 Å². The van der Waals surface area contributed by atoms with Crippen molar-refractivity contribution >= 4 is 29.7 Å². The van der Waals surface area contributed by atoms with Crippen molar-refractivity contribution in [2.45, 2.75) is 29.5 Å². The molecule has 2 amide bonds. The van der Waals surface area contributed by atoms with Gasteiger partial charge in [0.1, 0.15) is 17.4 Å². The fourth-order valence-electron chi connectivity index (χ4n) is 5.23. The number of hydrogen-bond donors (Lipinski definition) is 2. The smallest absolute Gasteiger partial charge is 0.408 e. The van der Waals surface area contributed by atoms with Crippen molar-refractivity contribution in [3.63, 3.8) is 0 Å². The van der Waals surface area contributed by atoms with Gasteiger partial charge in [-0.05, 0) is 22.3 Å². The molecule has 1 unspecified atom stereocenters. The van der Waals surface area contributed by atoms with Crippen LogP contribution in [-0.2, 0) is 19.1 Å². The molecule has 0 spiro atoms. The Labute approximate surface area is 208 Å². The standard InChI is InChI=1S/C26H28N2O6S/c29-23(30)22-15-28(11-14-35-22)24(31)26(9-12-33-13-10-26)27-25(32)34-16-21-19-7-3-1-5-17(19)18-6-2-4-8-20(18)21/h1-8,21-22H,9-16H2,(H,27,32)(H,29,30). The van der Waals surface area contributed by atoms with Crippen molar-refractivity contribution < 1.29 is 29.0 Å². The van der Waals surface area contributed by atoms with Gasteiger partial charge in [-0.25, -0.2) is 4.79 Å². The highest BCUT2D eigenvalue weighted by Gasteiger charge is 2.46. The number of aliphatic carboxylic acids is 1. The summed E-state index contributed by atoms with van der Waals surface area (Å²) in [6.45, 7) is 1.39. The van der Waals surface area contributed by atoms with Crippen LogP contribution in [0.3, 0.4) is 0 Å². The van der Waals surface area contributed by atoms with E-state index in [2.05, 4.69) is 29.6 Å². The first kappa shape index (κ1) is 23.7. The molecule has 2 heterocycles. The minimum absolute atomic E-state index is 0.0788. The predicted molar refractivity (Wildman–Crippen MR) is 131 cm³/mol. The van der Waals surface area contributed by atoms with E-state index in [-0.39, 0.29) is 25.0 Å². The van der Waals surface area contributed by atoms with Crippen LogP contribution in [0, 0.1) is 0 Å². The average molecular weight is 497 g/mol. The van der Waals surface area contributed by atoms with E-state index in [1.165, 1.54) is 11.8 Å². The molecule has 0 aromatic heterocycles. The highest BCUT2D eigenvalue weighted by atomic mass is 32.2. The van der Waals surface area contributed by atoms with Gasteiger partial charge in [0, 0.05) is 50.8 Å². The maximum absolute atomic E-state index is 13.6. The van der Waals surface area contributed by atoms with Crippen LogP contribution in [0.2, 0.25) is 0 Å². The Morgan fingerprint density at radius 3 is 2.31 bits per heavy atom. The number of carboxylic acid groups (broad SMARTS) is 1. The Morgan fingerprint density at radius 1 is 1.06 bits per heavy atom. The molecule has 2 N–H and O–H groups in total. The van der Waals surface area contributed by atoms with Gasteiger partial charge >= 0.3 is 12.1 Å². The minimum Gasteiger partial charge on any atom is -0.480 e. The molecule has 35 heavy (non-hydrogen) atoms. The Morgan fingerprint density at radius 2 is 1.69 bits per heavy atom. The number of benzene rings is 2. The lowest BCUT2D eigenvalue weighted by atomic mass is 9.88. The maximum atomic E-state index is 13.6. The molecule has 3 aliphatic rings. The monoisotopic (exact) mass is 496 g/mol. The van der Waals surface area contributed by atoms with Crippen LogP contribution in [0.25, 0.3) is 11.1 Å². The molecule has 0 radical (unpaired) electrons. The lowest BCUT2D eigenvalue weighted by Gasteiger charge is -2.41. The van der Waals surface area contributed by atoms with Crippen molar-refractivity contribution in [1.29, 1.82) is 0 Å². The molecule has 184 valence electrons. The second-order valence-corrected chi connectivity index (χ2v) is 10.4. The molecular weight excluding hydrogens is 468 g/mol. The Hall–Kier alpha value is -3.04. The van der Waals surface area contributed by atoms with E-state index in [0.717, 1.165) is 22.3 Å². The topological polar surface area (TPSA) is 105 Å². The molecule has 5 rings (SSSR count). The van der Waals surface area contributed by atoms with E-state index < -0.39 is 22.9 Å². The number of ether oxygens (including phenoxy) is 2. The molecule has 8 nitrogen and oxygen atoms in total. The molecule has 2 saturated heterocycles. The largest absolute Gasteiger partial charge is 0.480 e. The number of nitrogens with zero attached hydrogens (tertiary/aromatic N) is 1. The van der Waals surface area contributed by atoms with Gasteiger partial charge in [0.25, 0.3) is 0 Å². The minimum atomic E-state index is -1.16. The van der Waals surface area contributed by atoms with Gasteiger partial charge in [-0.3, -0.25) is 9.59 Å². The van der Waals surface area contributed by atoms with Crippen molar-refractivity contribution in [2.24, 2.45) is 0 Å².